The predicted octanol–water partition coefficient (Wildman–Crippen LogP) is 0.919. The standard InChI is InChI=1S/C13H20N4O/c1-16-12-8-15-11(7-9-3-2-4-9)17(12)6-5-10(14)13(16)18/h8-10H,2-7,14H2,1H3. The van der Waals surface area contributed by atoms with Crippen molar-refractivity contribution in [2.45, 2.75) is 44.7 Å². The molecule has 0 radical (unpaired) electrons. The molecule has 1 atom stereocenters. The molecule has 5 nitrogen and oxygen atoms in total. The van der Waals surface area contributed by atoms with Crippen LogP contribution in [0.3, 0.4) is 0 Å². The minimum absolute atomic E-state index is 0.0103. The van der Waals surface area contributed by atoms with Gasteiger partial charge in [-0.3, -0.25) is 9.69 Å². The van der Waals surface area contributed by atoms with Crippen molar-refractivity contribution in [2.24, 2.45) is 11.7 Å². The van der Waals surface area contributed by atoms with Gasteiger partial charge in [-0.1, -0.05) is 19.3 Å². The van der Waals surface area contributed by atoms with Crippen LogP contribution in [0.15, 0.2) is 6.20 Å². The quantitative estimate of drug-likeness (QED) is 0.846. The molecule has 1 amide bonds. The van der Waals surface area contributed by atoms with Crippen LogP contribution in [0.25, 0.3) is 0 Å². The molecule has 0 saturated heterocycles. The molecule has 1 aliphatic heterocycles. The molecule has 0 bridgehead atoms. The van der Waals surface area contributed by atoms with Crippen LogP contribution >= 0.6 is 0 Å². The molecule has 5 heteroatoms. The van der Waals surface area contributed by atoms with Crippen LogP contribution in [0.4, 0.5) is 5.82 Å². The fraction of sp³-hybridized carbons (Fsp3) is 0.692. The highest BCUT2D eigenvalue weighted by Gasteiger charge is 2.28. The molecule has 1 aromatic heterocycles. The highest BCUT2D eigenvalue weighted by Crippen LogP contribution is 2.31. The van der Waals surface area contributed by atoms with E-state index in [1.54, 1.807) is 11.9 Å². The molecule has 1 fully saturated rings. The minimum atomic E-state index is -0.383. The second-order valence-corrected chi connectivity index (χ2v) is 5.48. The van der Waals surface area contributed by atoms with Gasteiger partial charge in [0.05, 0.1) is 12.2 Å². The summed E-state index contributed by atoms with van der Waals surface area (Å²) in [4.78, 5) is 18.1. The summed E-state index contributed by atoms with van der Waals surface area (Å²) in [5, 5.41) is 0. The van der Waals surface area contributed by atoms with Gasteiger partial charge >= 0.3 is 0 Å². The summed E-state index contributed by atoms with van der Waals surface area (Å²) < 4.78 is 2.17. The number of hydrogen-bond acceptors (Lipinski definition) is 3. The van der Waals surface area contributed by atoms with Crippen molar-refractivity contribution in [3.8, 4) is 0 Å². The van der Waals surface area contributed by atoms with Crippen LogP contribution in [-0.4, -0.2) is 28.5 Å². The van der Waals surface area contributed by atoms with Crippen molar-refractivity contribution in [3.05, 3.63) is 12.0 Å². The lowest BCUT2D eigenvalue weighted by Gasteiger charge is -2.25. The van der Waals surface area contributed by atoms with Gasteiger partial charge in [-0.2, -0.15) is 0 Å². The maximum atomic E-state index is 12.0. The lowest BCUT2D eigenvalue weighted by atomic mass is 9.83. The van der Waals surface area contributed by atoms with E-state index in [1.165, 1.54) is 19.3 Å². The van der Waals surface area contributed by atoms with Gasteiger partial charge in [-0.25, -0.2) is 4.98 Å². The summed E-state index contributed by atoms with van der Waals surface area (Å²) >= 11 is 0. The largest absolute Gasteiger partial charge is 0.320 e. The summed E-state index contributed by atoms with van der Waals surface area (Å²) in [5.41, 5.74) is 5.87. The molecule has 1 aliphatic carbocycles. The fourth-order valence-corrected chi connectivity index (χ4v) is 2.79. The van der Waals surface area contributed by atoms with E-state index in [4.69, 9.17) is 5.73 Å². The lowest BCUT2D eigenvalue weighted by molar-refractivity contribution is -0.119. The van der Waals surface area contributed by atoms with Crippen molar-refractivity contribution < 1.29 is 4.79 Å². The fourth-order valence-electron chi connectivity index (χ4n) is 2.79. The van der Waals surface area contributed by atoms with Gasteiger partial charge < -0.3 is 10.3 Å². The van der Waals surface area contributed by atoms with Crippen LogP contribution in [0, 0.1) is 5.92 Å². The second-order valence-electron chi connectivity index (χ2n) is 5.48. The van der Waals surface area contributed by atoms with E-state index in [2.05, 4.69) is 9.55 Å². The second kappa shape index (κ2) is 4.39. The topological polar surface area (TPSA) is 64.2 Å². The SMILES string of the molecule is CN1C(=O)C(N)CCn2c1cnc2CC1CCC1. The van der Waals surface area contributed by atoms with Gasteiger partial charge in [0.25, 0.3) is 0 Å². The Hall–Kier alpha value is -1.36. The monoisotopic (exact) mass is 248 g/mol. The Labute approximate surface area is 107 Å². The van der Waals surface area contributed by atoms with Gasteiger partial charge in [-0.05, 0) is 12.3 Å². The number of carbonyl (C=O) groups is 1. The average Bonchev–Trinajstić information content (AvgIpc) is 2.67. The summed E-state index contributed by atoms with van der Waals surface area (Å²) in [5.74, 6) is 2.78. The van der Waals surface area contributed by atoms with E-state index in [1.807, 2.05) is 6.20 Å². The first-order valence-corrected chi connectivity index (χ1v) is 6.74. The molecule has 2 N–H and O–H groups in total. The number of aromatic nitrogens is 2. The van der Waals surface area contributed by atoms with Crippen LogP contribution in [-0.2, 0) is 17.8 Å². The number of carbonyl (C=O) groups excluding carboxylic acids is 1. The first-order valence-electron chi connectivity index (χ1n) is 6.74. The number of imidazole rings is 1. The zero-order valence-corrected chi connectivity index (χ0v) is 10.8. The van der Waals surface area contributed by atoms with Crippen LogP contribution in [0.2, 0.25) is 0 Å². The number of fused-ring (bicyclic) bond motifs is 1. The maximum absolute atomic E-state index is 12.0. The number of nitrogens with zero attached hydrogens (tertiary/aromatic N) is 3. The zero-order valence-electron chi connectivity index (χ0n) is 10.8. The third-order valence-corrected chi connectivity index (χ3v) is 4.27. The summed E-state index contributed by atoms with van der Waals surface area (Å²) in [7, 11) is 1.79. The molecular formula is C13H20N4O. The Morgan fingerprint density at radius 2 is 2.22 bits per heavy atom. The number of hydrogen-bond donors (Lipinski definition) is 1. The highest BCUT2D eigenvalue weighted by molar-refractivity contribution is 5.96. The van der Waals surface area contributed by atoms with E-state index in [-0.39, 0.29) is 11.9 Å². The molecule has 1 unspecified atom stereocenters. The average molecular weight is 248 g/mol. The van der Waals surface area contributed by atoms with Crippen molar-refractivity contribution >= 4 is 11.7 Å². The van der Waals surface area contributed by atoms with Crippen LogP contribution in [0.1, 0.15) is 31.5 Å². The number of anilines is 1. The molecule has 1 saturated carbocycles. The Bertz CT molecular complexity index is 464. The van der Waals surface area contributed by atoms with E-state index >= 15 is 0 Å². The van der Waals surface area contributed by atoms with Crippen LogP contribution in [0.5, 0.6) is 0 Å². The van der Waals surface area contributed by atoms with Crippen LogP contribution < -0.4 is 10.6 Å². The smallest absolute Gasteiger partial charge is 0.244 e. The van der Waals surface area contributed by atoms with Gasteiger partial charge in [0.2, 0.25) is 5.91 Å². The molecular weight excluding hydrogens is 228 g/mol. The normalized spacial score (nSPS) is 24.7. The van der Waals surface area contributed by atoms with Gasteiger partial charge in [-0.15, -0.1) is 0 Å². The number of rotatable bonds is 2. The van der Waals surface area contributed by atoms with Crippen molar-refractivity contribution in [3.63, 3.8) is 0 Å². The third-order valence-electron chi connectivity index (χ3n) is 4.27. The van der Waals surface area contributed by atoms with Crippen molar-refractivity contribution in [1.82, 2.24) is 9.55 Å². The number of amides is 1. The Balaban J connectivity index is 1.87. The molecule has 0 spiro atoms. The minimum Gasteiger partial charge on any atom is -0.320 e. The number of nitrogens with two attached hydrogens (primary N) is 1. The molecule has 2 aliphatic rings. The highest BCUT2D eigenvalue weighted by atomic mass is 16.2. The van der Waals surface area contributed by atoms with Crippen molar-refractivity contribution in [2.75, 3.05) is 11.9 Å². The van der Waals surface area contributed by atoms with Gasteiger partial charge in [0.15, 0.2) is 0 Å². The first kappa shape index (κ1) is 11.7. The zero-order chi connectivity index (χ0) is 12.7. The summed E-state index contributed by atoms with van der Waals surface area (Å²) in [6, 6.07) is -0.383. The molecule has 3 rings (SSSR count). The van der Waals surface area contributed by atoms with E-state index in [0.717, 1.165) is 30.5 Å². The number of likely N-dealkylation sites (N-methyl/N-ethyl adjacent to an activating group) is 1. The van der Waals surface area contributed by atoms with Crippen molar-refractivity contribution in [1.29, 1.82) is 0 Å². The van der Waals surface area contributed by atoms with E-state index < -0.39 is 0 Å². The maximum Gasteiger partial charge on any atom is 0.244 e. The Morgan fingerprint density at radius 1 is 1.44 bits per heavy atom. The molecule has 0 aromatic carbocycles. The molecule has 18 heavy (non-hydrogen) atoms. The predicted molar refractivity (Wildman–Crippen MR) is 69.3 cm³/mol. The molecule has 2 heterocycles. The van der Waals surface area contributed by atoms with Gasteiger partial charge in [0, 0.05) is 20.0 Å². The lowest BCUT2D eigenvalue weighted by Crippen LogP contribution is -2.40. The summed E-state index contributed by atoms with van der Waals surface area (Å²) in [6.45, 7) is 0.800. The van der Waals surface area contributed by atoms with E-state index in [0.29, 0.717) is 6.42 Å². The third kappa shape index (κ3) is 1.82. The Kier molecular flexibility index (Phi) is 2.86. The Morgan fingerprint density at radius 3 is 2.89 bits per heavy atom. The molecule has 98 valence electrons. The first-order chi connectivity index (χ1) is 8.66. The van der Waals surface area contributed by atoms with Gasteiger partial charge in [0.1, 0.15) is 11.6 Å². The summed E-state index contributed by atoms with van der Waals surface area (Å²) in [6.07, 6.45) is 7.53. The molecule has 1 aromatic rings. The van der Waals surface area contributed by atoms with E-state index in [9.17, 15) is 4.79 Å².